The molecule has 6 heteroatoms. The molecule has 2 bridgehead atoms. The van der Waals surface area contributed by atoms with Crippen LogP contribution >= 0.6 is 0 Å². The Bertz CT molecular complexity index is 610. The van der Waals surface area contributed by atoms with Gasteiger partial charge in [-0.25, -0.2) is 9.97 Å². The van der Waals surface area contributed by atoms with E-state index in [-0.39, 0.29) is 0 Å². The molecule has 0 radical (unpaired) electrons. The second kappa shape index (κ2) is 4.16. The van der Waals surface area contributed by atoms with Gasteiger partial charge >= 0.3 is 0 Å². The van der Waals surface area contributed by atoms with Crippen LogP contribution < -0.4 is 5.32 Å². The Labute approximate surface area is 111 Å². The van der Waals surface area contributed by atoms with E-state index in [1.54, 1.807) is 12.5 Å². The first-order valence-corrected chi connectivity index (χ1v) is 6.83. The lowest BCUT2D eigenvalue weighted by atomic mass is 9.89. The topological polar surface area (TPSA) is 64.9 Å². The molecule has 4 heterocycles. The predicted molar refractivity (Wildman–Crippen MR) is 70.8 cm³/mol. The molecular weight excluding hydrogens is 242 g/mol. The minimum atomic E-state index is 0.443. The third kappa shape index (κ3) is 1.87. The molecular formula is C13H17N5O. The van der Waals surface area contributed by atoms with Crippen molar-refractivity contribution in [3.63, 3.8) is 0 Å². The van der Waals surface area contributed by atoms with Gasteiger partial charge in [0, 0.05) is 19.5 Å². The molecule has 2 aliphatic heterocycles. The van der Waals surface area contributed by atoms with Crippen molar-refractivity contribution in [1.29, 1.82) is 0 Å². The Morgan fingerprint density at radius 3 is 3.16 bits per heavy atom. The van der Waals surface area contributed by atoms with Gasteiger partial charge in [0.2, 0.25) is 5.95 Å². The highest BCUT2D eigenvalue weighted by Gasteiger charge is 2.40. The monoisotopic (exact) mass is 259 g/mol. The number of nitrogens with one attached hydrogen (secondary N) is 1. The first kappa shape index (κ1) is 11.2. The van der Waals surface area contributed by atoms with Crippen molar-refractivity contribution in [2.24, 2.45) is 13.0 Å². The van der Waals surface area contributed by atoms with Gasteiger partial charge < -0.3 is 14.6 Å². The third-order valence-corrected chi connectivity index (χ3v) is 4.21. The van der Waals surface area contributed by atoms with Crippen molar-refractivity contribution in [3.8, 4) is 0 Å². The lowest BCUT2D eigenvalue weighted by Crippen LogP contribution is -2.24. The molecule has 0 spiro atoms. The largest absolute Gasteiger partial charge is 0.375 e. The summed E-state index contributed by atoms with van der Waals surface area (Å²) in [6, 6.07) is 0. The maximum Gasteiger partial charge on any atom is 0.224 e. The number of aryl methyl sites for hydroxylation is 1. The van der Waals surface area contributed by atoms with Crippen molar-refractivity contribution in [3.05, 3.63) is 12.5 Å². The van der Waals surface area contributed by atoms with E-state index >= 15 is 0 Å². The van der Waals surface area contributed by atoms with E-state index in [2.05, 4.69) is 20.3 Å². The van der Waals surface area contributed by atoms with Crippen molar-refractivity contribution >= 4 is 17.1 Å². The van der Waals surface area contributed by atoms with Crippen LogP contribution in [0.2, 0.25) is 0 Å². The molecule has 2 fully saturated rings. The molecule has 0 unspecified atom stereocenters. The van der Waals surface area contributed by atoms with E-state index in [1.807, 2.05) is 11.6 Å². The minimum Gasteiger partial charge on any atom is -0.375 e. The maximum atomic E-state index is 5.86. The Balaban J connectivity index is 1.47. The van der Waals surface area contributed by atoms with Crippen molar-refractivity contribution in [1.82, 2.24) is 19.5 Å². The molecule has 0 aliphatic carbocycles. The van der Waals surface area contributed by atoms with Gasteiger partial charge in [0.1, 0.15) is 5.52 Å². The van der Waals surface area contributed by atoms with E-state index in [0.29, 0.717) is 24.1 Å². The zero-order valence-corrected chi connectivity index (χ0v) is 10.9. The van der Waals surface area contributed by atoms with E-state index in [9.17, 15) is 0 Å². The molecule has 4 rings (SSSR count). The smallest absolute Gasteiger partial charge is 0.224 e. The summed E-state index contributed by atoms with van der Waals surface area (Å²) in [4.78, 5) is 13.0. The van der Waals surface area contributed by atoms with Gasteiger partial charge in [-0.2, -0.15) is 4.98 Å². The van der Waals surface area contributed by atoms with E-state index < -0.39 is 0 Å². The van der Waals surface area contributed by atoms with Crippen LogP contribution in [0.5, 0.6) is 0 Å². The summed E-state index contributed by atoms with van der Waals surface area (Å²) in [6.07, 6.45) is 8.08. The predicted octanol–water partition coefficient (Wildman–Crippen LogP) is 1.34. The summed E-state index contributed by atoms with van der Waals surface area (Å²) in [5, 5.41) is 3.34. The van der Waals surface area contributed by atoms with E-state index in [1.165, 1.54) is 19.3 Å². The number of aromatic nitrogens is 4. The molecule has 0 aromatic carbocycles. The van der Waals surface area contributed by atoms with Crippen LogP contribution in [0, 0.1) is 5.92 Å². The number of imidazole rings is 1. The Morgan fingerprint density at radius 2 is 2.37 bits per heavy atom. The van der Waals surface area contributed by atoms with Crippen LogP contribution in [0.25, 0.3) is 11.2 Å². The number of hydrogen-bond donors (Lipinski definition) is 1. The number of rotatable bonds is 3. The maximum absolute atomic E-state index is 5.86. The van der Waals surface area contributed by atoms with Crippen LogP contribution in [-0.2, 0) is 11.8 Å². The normalized spacial score (nSPS) is 29.2. The summed E-state index contributed by atoms with van der Waals surface area (Å²) in [7, 11) is 1.94. The van der Waals surface area contributed by atoms with Gasteiger partial charge in [-0.05, 0) is 19.3 Å². The SMILES string of the molecule is Cn1cnc2cnc(NC[C@@H]3C[C@@H]4CC[C@H]3O4)nc21. The van der Waals surface area contributed by atoms with Crippen molar-refractivity contribution in [2.45, 2.75) is 31.5 Å². The Hall–Kier alpha value is -1.69. The van der Waals surface area contributed by atoms with Gasteiger partial charge in [0.05, 0.1) is 24.7 Å². The van der Waals surface area contributed by atoms with Crippen LogP contribution in [-0.4, -0.2) is 38.3 Å². The lowest BCUT2D eigenvalue weighted by Gasteiger charge is -2.18. The lowest BCUT2D eigenvalue weighted by molar-refractivity contribution is 0.0941. The minimum absolute atomic E-state index is 0.443. The fraction of sp³-hybridized carbons (Fsp3) is 0.615. The van der Waals surface area contributed by atoms with Crippen molar-refractivity contribution in [2.75, 3.05) is 11.9 Å². The Kier molecular flexibility index (Phi) is 2.44. The fourth-order valence-electron chi connectivity index (χ4n) is 3.19. The second-order valence-corrected chi connectivity index (χ2v) is 5.51. The number of nitrogens with zero attached hydrogens (tertiary/aromatic N) is 4. The number of fused-ring (bicyclic) bond motifs is 3. The van der Waals surface area contributed by atoms with Crippen molar-refractivity contribution < 1.29 is 4.74 Å². The average molecular weight is 259 g/mol. The van der Waals surface area contributed by atoms with Gasteiger partial charge in [-0.3, -0.25) is 0 Å². The summed E-state index contributed by atoms with van der Waals surface area (Å²) >= 11 is 0. The fourth-order valence-corrected chi connectivity index (χ4v) is 3.19. The Morgan fingerprint density at radius 1 is 1.42 bits per heavy atom. The zero-order chi connectivity index (χ0) is 12.8. The van der Waals surface area contributed by atoms with E-state index in [4.69, 9.17) is 4.74 Å². The number of anilines is 1. The quantitative estimate of drug-likeness (QED) is 0.901. The molecule has 0 amide bonds. The molecule has 2 aliphatic rings. The standard InChI is InChI=1S/C13H17N5O/c1-18-7-16-10-6-15-13(17-12(10)18)14-5-8-4-9-2-3-11(8)19-9/h6-9,11H,2-5H2,1H3,(H,14,15,17)/t8-,9-,11+/m0/s1. The molecule has 2 aromatic heterocycles. The highest BCUT2D eigenvalue weighted by molar-refractivity contribution is 5.70. The van der Waals surface area contributed by atoms with Crippen LogP contribution in [0.3, 0.4) is 0 Å². The summed E-state index contributed by atoms with van der Waals surface area (Å²) < 4.78 is 7.76. The number of hydrogen-bond acceptors (Lipinski definition) is 5. The third-order valence-electron chi connectivity index (χ3n) is 4.21. The molecule has 0 saturated carbocycles. The molecule has 3 atom stereocenters. The summed E-state index contributed by atoms with van der Waals surface area (Å²) in [5.41, 5.74) is 1.69. The second-order valence-electron chi connectivity index (χ2n) is 5.51. The molecule has 2 aromatic rings. The van der Waals surface area contributed by atoms with Gasteiger partial charge in [-0.1, -0.05) is 0 Å². The zero-order valence-electron chi connectivity index (χ0n) is 10.9. The first-order valence-electron chi connectivity index (χ1n) is 6.83. The summed E-state index contributed by atoms with van der Waals surface area (Å²) in [6.45, 7) is 0.893. The summed E-state index contributed by atoms with van der Waals surface area (Å²) in [5.74, 6) is 1.28. The number of ether oxygens (including phenoxy) is 1. The molecule has 2 saturated heterocycles. The van der Waals surface area contributed by atoms with Crippen LogP contribution in [0.1, 0.15) is 19.3 Å². The highest BCUT2D eigenvalue weighted by atomic mass is 16.5. The molecule has 1 N–H and O–H groups in total. The molecule has 100 valence electrons. The average Bonchev–Trinajstić information content (AvgIpc) is 3.12. The van der Waals surface area contributed by atoms with Gasteiger partial charge in [0.25, 0.3) is 0 Å². The van der Waals surface area contributed by atoms with Crippen LogP contribution in [0.4, 0.5) is 5.95 Å². The van der Waals surface area contributed by atoms with Gasteiger partial charge in [0.15, 0.2) is 5.65 Å². The highest BCUT2D eigenvalue weighted by Crippen LogP contribution is 2.38. The molecule has 19 heavy (non-hydrogen) atoms. The van der Waals surface area contributed by atoms with Crippen LogP contribution in [0.15, 0.2) is 12.5 Å². The van der Waals surface area contributed by atoms with Gasteiger partial charge in [-0.15, -0.1) is 0 Å². The first-order chi connectivity index (χ1) is 9.29. The van der Waals surface area contributed by atoms with E-state index in [0.717, 1.165) is 17.7 Å². The molecule has 6 nitrogen and oxygen atoms in total.